The molecule has 0 aromatic heterocycles. The predicted molar refractivity (Wildman–Crippen MR) is 253 cm³/mol. The summed E-state index contributed by atoms with van der Waals surface area (Å²) >= 11 is 0. The topological polar surface area (TPSA) is 989 Å². The molecule has 0 aliphatic heterocycles. The molecule has 0 rings (SSSR count). The first-order valence-electron chi connectivity index (χ1n) is 24.2. The van der Waals surface area contributed by atoms with Crippen LogP contribution in [0.2, 0.25) is 0 Å². The summed E-state index contributed by atoms with van der Waals surface area (Å²) < 4.78 is 0. The average Bonchev–Trinajstić information content (AvgIpc) is 3.53. The molecular weight excluding hydrogens is 1450 g/mol. The van der Waals surface area contributed by atoms with Crippen molar-refractivity contribution in [2.75, 3.05) is 46.2 Å². The summed E-state index contributed by atoms with van der Waals surface area (Å²) in [4.78, 5) is 69.9. The van der Waals surface area contributed by atoms with Crippen LogP contribution in [0.4, 0.5) is 0 Å². The van der Waals surface area contributed by atoms with Crippen molar-refractivity contribution in [2.24, 2.45) is 0 Å². The Morgan fingerprint density at radius 1 is 0.163 bits per heavy atom. The van der Waals surface area contributed by atoms with Crippen molar-refractivity contribution in [1.82, 2.24) is 0 Å². The van der Waals surface area contributed by atoms with E-state index in [9.17, 15) is 69.3 Å². The SMILES string of the molecule is O=C([O-])[C@H](O)[C@@H](O)[C@H](O)[C@H](O)CO.O=C([O-])[C@H](O)[C@@H](O)[C@H](O)[C@H](O)CO.O=C([O-])[C@H](O)[C@@H](O)[C@H](O)[C@H](O)CO.O=C([O-])[C@H](O)[C@@H](O)[C@H](O)[C@H](O)CO.O=C([O-])[C@H](O)[C@@H](O)[C@H](O)[C@H](O)CO.O=C([O-])[C@H](O)[C@@H](O)[C@H](O)[C@H](O)CO.O=C([O-])[C@H](O)[C@@H](O)[C@H](O)[C@H](O)CO.[Na+].[Na+].[Na+].[Na+].[Na+].[Na+].[Na+]. The van der Waals surface area contributed by atoms with Gasteiger partial charge in [-0.05, 0) is 0 Å². The van der Waals surface area contributed by atoms with E-state index < -0.39 is 259 Å². The molecule has 546 valence electrons. The zero-order chi connectivity index (χ0) is 74.2. The quantitative estimate of drug-likeness (QED) is 0.0262. The Hall–Kier alpha value is 1.89. The van der Waals surface area contributed by atoms with Crippen molar-refractivity contribution in [3.63, 3.8) is 0 Å². The minimum atomic E-state index is -2.31. The average molecular weight is 1530 g/mol. The van der Waals surface area contributed by atoms with Crippen LogP contribution in [0.1, 0.15) is 0 Å². The molecule has 28 atom stereocenters. The standard InChI is InChI=1S/7C6H12O7.7Na/c7*7-1-2(8)3(9)4(10)5(11)6(12)13;;;;;;;/h7*2-5,7-11H,1H2,(H,12,13);;;;;;;/q;;;;;;;7*+1/p-7/t7*2-,3-,4+,5-;;;;;;;/m1111111......./s1. The van der Waals surface area contributed by atoms with Crippen LogP contribution in [0.25, 0.3) is 0 Å². The van der Waals surface area contributed by atoms with Gasteiger partial charge in [-0.1, -0.05) is 0 Å². The van der Waals surface area contributed by atoms with Gasteiger partial charge in [0.15, 0.2) is 0 Å². The maximum atomic E-state index is 9.98. The normalized spacial score (nSPS) is 18.9. The zero-order valence-corrected chi connectivity index (χ0v) is 67.0. The summed E-state index contributed by atoms with van der Waals surface area (Å²) in [5.41, 5.74) is 0. The molecule has 0 aromatic carbocycles. The first-order valence-corrected chi connectivity index (χ1v) is 24.2. The fourth-order valence-electron chi connectivity index (χ4n) is 4.63. The Kier molecular flexibility index (Phi) is 98.7. The van der Waals surface area contributed by atoms with Crippen LogP contribution in [-0.4, -0.2) is 438 Å². The minimum absolute atomic E-state index is 0. The summed E-state index contributed by atoms with van der Waals surface area (Å²) in [6.45, 7) is -6.04. The van der Waals surface area contributed by atoms with Crippen molar-refractivity contribution in [3.8, 4) is 0 Å². The van der Waals surface area contributed by atoms with Gasteiger partial charge in [-0.2, -0.15) is 0 Å². The van der Waals surface area contributed by atoms with Crippen molar-refractivity contribution >= 4 is 41.8 Å². The van der Waals surface area contributed by atoms with Crippen molar-refractivity contribution < 1.29 is 455 Å². The van der Waals surface area contributed by atoms with Crippen LogP contribution < -0.4 is 243 Å². The van der Waals surface area contributed by atoms with E-state index in [4.69, 9.17) is 179 Å². The van der Waals surface area contributed by atoms with Gasteiger partial charge >= 0.3 is 207 Å². The smallest absolute Gasteiger partial charge is 0.547 e. The van der Waals surface area contributed by atoms with Crippen LogP contribution in [0.3, 0.4) is 0 Å². The second-order valence-corrected chi connectivity index (χ2v) is 17.5. The number of rotatable bonds is 35. The van der Waals surface area contributed by atoms with E-state index in [0.717, 1.165) is 0 Å². The van der Waals surface area contributed by atoms with Crippen molar-refractivity contribution in [2.45, 2.75) is 171 Å². The van der Waals surface area contributed by atoms with Crippen LogP contribution >= 0.6 is 0 Å². The van der Waals surface area contributed by atoms with Crippen LogP contribution in [0, 0.1) is 0 Å². The molecule has 49 nitrogen and oxygen atoms in total. The molecule has 0 aromatic rings. The van der Waals surface area contributed by atoms with Crippen molar-refractivity contribution in [3.05, 3.63) is 0 Å². The summed E-state index contributed by atoms with van der Waals surface area (Å²) in [7, 11) is 0. The largest absolute Gasteiger partial charge is 1.00 e. The number of carboxylic acids is 7. The van der Waals surface area contributed by atoms with Crippen LogP contribution in [-0.2, 0) is 33.6 Å². The molecule has 98 heavy (non-hydrogen) atoms. The van der Waals surface area contributed by atoms with Crippen molar-refractivity contribution in [1.29, 1.82) is 0 Å². The molecular formula is C42H77Na7O49. The monoisotopic (exact) mass is 1530 g/mol. The third-order valence-electron chi connectivity index (χ3n) is 10.5. The molecule has 0 aliphatic carbocycles. The molecule has 0 amide bonds. The molecule has 0 spiro atoms. The van der Waals surface area contributed by atoms with Gasteiger partial charge in [0.1, 0.15) is 171 Å². The van der Waals surface area contributed by atoms with E-state index in [1.165, 1.54) is 0 Å². The van der Waals surface area contributed by atoms with Gasteiger partial charge in [0, 0.05) is 0 Å². The van der Waals surface area contributed by atoms with Gasteiger partial charge in [0.25, 0.3) is 0 Å². The molecule has 0 fully saturated rings. The molecule has 0 radical (unpaired) electrons. The Balaban J connectivity index is -0.0000000692. The van der Waals surface area contributed by atoms with Gasteiger partial charge in [-0.25, -0.2) is 0 Å². The molecule has 0 bridgehead atoms. The number of carboxylic acid groups (broad SMARTS) is 7. The number of carbonyl (C=O) groups is 7. The summed E-state index contributed by atoms with van der Waals surface area (Å²) in [5.74, 6) is -13.8. The minimum Gasteiger partial charge on any atom is -0.547 e. The Morgan fingerprint density at radius 3 is 0.265 bits per heavy atom. The van der Waals surface area contributed by atoms with E-state index in [-0.39, 0.29) is 207 Å². The fraction of sp³-hybridized carbons (Fsp3) is 0.833. The van der Waals surface area contributed by atoms with Crippen LogP contribution in [0.15, 0.2) is 0 Å². The van der Waals surface area contributed by atoms with E-state index in [0.29, 0.717) is 0 Å². The van der Waals surface area contributed by atoms with Gasteiger partial charge in [0.05, 0.1) is 88.0 Å². The maximum absolute atomic E-state index is 9.98. The van der Waals surface area contributed by atoms with Crippen LogP contribution in [0.5, 0.6) is 0 Å². The second kappa shape index (κ2) is 73.1. The van der Waals surface area contributed by atoms with Gasteiger partial charge in [0.2, 0.25) is 0 Å². The Morgan fingerprint density at radius 2 is 0.224 bits per heavy atom. The third-order valence-corrected chi connectivity index (χ3v) is 10.5. The molecule has 0 aliphatic rings. The van der Waals surface area contributed by atoms with Gasteiger partial charge in [-0.3, -0.25) is 0 Å². The number of hydrogen-bond acceptors (Lipinski definition) is 49. The molecule has 0 unspecified atom stereocenters. The molecule has 35 N–H and O–H groups in total. The van der Waals surface area contributed by atoms with E-state index in [2.05, 4.69) is 0 Å². The molecule has 0 heterocycles. The number of aliphatic carboxylic acids is 7. The summed E-state index contributed by atoms with van der Waals surface area (Å²) in [6.07, 6.45) is -56.5. The van der Waals surface area contributed by atoms with E-state index in [1.807, 2.05) is 0 Å². The summed E-state index contributed by atoms with van der Waals surface area (Å²) in [5, 5.41) is 374. The molecule has 0 saturated carbocycles. The summed E-state index contributed by atoms with van der Waals surface area (Å²) in [6, 6.07) is 0. The number of carbonyl (C=O) groups excluding carboxylic acids is 7. The molecule has 0 saturated heterocycles. The molecule has 56 heteroatoms. The fourth-order valence-corrected chi connectivity index (χ4v) is 4.63. The Labute approximate surface area is 705 Å². The Bertz CT molecular complexity index is 1600. The predicted octanol–water partition coefficient (Wildman–Crippen LogP) is -54.8. The maximum Gasteiger partial charge on any atom is 1.00 e. The van der Waals surface area contributed by atoms with Gasteiger partial charge < -0.3 is 248 Å². The first-order chi connectivity index (χ1) is 41.4. The van der Waals surface area contributed by atoms with E-state index in [1.54, 1.807) is 0 Å². The zero-order valence-electron chi connectivity index (χ0n) is 53.0. The van der Waals surface area contributed by atoms with E-state index >= 15 is 0 Å². The van der Waals surface area contributed by atoms with Gasteiger partial charge in [-0.15, -0.1) is 0 Å². The first kappa shape index (κ1) is 132. The number of hydrogen-bond donors (Lipinski definition) is 35. The number of aliphatic hydroxyl groups excluding tert-OH is 35. The third kappa shape index (κ3) is 56.2. The second-order valence-electron chi connectivity index (χ2n) is 17.5. The number of aliphatic hydroxyl groups is 35.